The quantitative estimate of drug-likeness (QED) is 0.400. The second-order valence-corrected chi connectivity index (χ2v) is 12.3. The molecule has 0 spiro atoms. The minimum atomic E-state index is -0.463. The molecule has 1 aliphatic carbocycles. The Labute approximate surface area is 226 Å². The molecule has 37 heavy (non-hydrogen) atoms. The van der Waals surface area contributed by atoms with Gasteiger partial charge in [-0.2, -0.15) is 5.26 Å². The van der Waals surface area contributed by atoms with Crippen LogP contribution in [0.4, 0.5) is 10.8 Å². The maximum absolute atomic E-state index is 13.2. The smallest absolute Gasteiger partial charge is 0.234 e. The first-order chi connectivity index (χ1) is 17.9. The molecule has 0 radical (unpaired) electrons. The number of thiophene rings is 1. The number of aromatic nitrogens is 2. The number of nitrogens with one attached hydrogen (secondary N) is 1. The predicted molar refractivity (Wildman–Crippen MR) is 147 cm³/mol. The van der Waals surface area contributed by atoms with Crippen LogP contribution in [0.15, 0.2) is 63.4 Å². The molecule has 0 bridgehead atoms. The van der Waals surface area contributed by atoms with Crippen molar-refractivity contribution in [3.05, 3.63) is 74.4 Å². The van der Waals surface area contributed by atoms with Crippen LogP contribution in [0.1, 0.15) is 40.5 Å². The third-order valence-electron chi connectivity index (χ3n) is 6.21. The molecule has 0 saturated heterocycles. The highest BCUT2D eigenvalue weighted by molar-refractivity contribution is 8.01. The van der Waals surface area contributed by atoms with Crippen LogP contribution in [0.5, 0.6) is 0 Å². The van der Waals surface area contributed by atoms with Gasteiger partial charge < -0.3 is 11.1 Å². The van der Waals surface area contributed by atoms with Crippen LogP contribution < -0.4 is 16.0 Å². The van der Waals surface area contributed by atoms with Crippen molar-refractivity contribution < 1.29 is 9.59 Å². The number of nitriles is 1. The zero-order valence-corrected chi connectivity index (χ0v) is 22.7. The number of carbonyl (C=O) groups excluding carboxylic acids is 2. The third kappa shape index (κ3) is 5.05. The van der Waals surface area contributed by atoms with E-state index < -0.39 is 5.92 Å². The Morgan fingerprint density at radius 1 is 1.19 bits per heavy atom. The number of ketones is 1. The van der Waals surface area contributed by atoms with E-state index in [2.05, 4.69) is 21.6 Å². The topological polar surface area (TPSA) is 125 Å². The number of thioether (sulfide) groups is 1. The second kappa shape index (κ2) is 10.5. The zero-order chi connectivity index (χ0) is 26.1. The van der Waals surface area contributed by atoms with Gasteiger partial charge in [0.2, 0.25) is 11.0 Å². The lowest BCUT2D eigenvalue weighted by atomic mass is 9.78. The van der Waals surface area contributed by atoms with Crippen molar-refractivity contribution in [2.45, 2.75) is 43.4 Å². The van der Waals surface area contributed by atoms with Gasteiger partial charge in [0.1, 0.15) is 5.82 Å². The number of Topliss-reactive ketones (excluding diaryl/α,β-unsaturated/α-hetero) is 1. The van der Waals surface area contributed by atoms with Crippen LogP contribution in [0.25, 0.3) is 0 Å². The molecule has 0 saturated carbocycles. The lowest BCUT2D eigenvalue weighted by Crippen LogP contribution is -2.38. The molecule has 3 N–H and O–H groups in total. The Morgan fingerprint density at radius 2 is 1.97 bits per heavy atom. The highest BCUT2D eigenvalue weighted by atomic mass is 32.2. The number of hydrogen-bond donors (Lipinski definition) is 2. The SMILES string of the molecule is Cc1ccc(NC(=O)CSc2nnc(N3C(N)=C(C#N)C(c4ccc(C)s4)C4=C3CCCC4=O)s2)cc1. The Kier molecular flexibility index (Phi) is 7.15. The van der Waals surface area contributed by atoms with E-state index in [0.29, 0.717) is 39.9 Å². The van der Waals surface area contributed by atoms with Gasteiger partial charge in [-0.05, 0) is 51.0 Å². The van der Waals surface area contributed by atoms with E-state index in [-0.39, 0.29) is 23.3 Å². The van der Waals surface area contributed by atoms with Gasteiger partial charge in [0, 0.05) is 33.1 Å². The van der Waals surface area contributed by atoms with Gasteiger partial charge in [-0.1, -0.05) is 40.8 Å². The van der Waals surface area contributed by atoms with Crippen molar-refractivity contribution in [2.24, 2.45) is 5.73 Å². The van der Waals surface area contributed by atoms with E-state index in [1.54, 1.807) is 16.2 Å². The first-order valence-corrected chi connectivity index (χ1v) is 14.3. The van der Waals surface area contributed by atoms with Gasteiger partial charge in [0.25, 0.3) is 0 Å². The molecule has 2 aromatic heterocycles. The van der Waals surface area contributed by atoms with Crippen LogP contribution in [0, 0.1) is 25.2 Å². The van der Waals surface area contributed by atoms with Crippen LogP contribution in [0.2, 0.25) is 0 Å². The molecule has 1 aromatic carbocycles. The van der Waals surface area contributed by atoms with Crippen molar-refractivity contribution in [1.82, 2.24) is 10.2 Å². The number of nitrogens with zero attached hydrogens (tertiary/aromatic N) is 4. The van der Waals surface area contributed by atoms with E-state index in [9.17, 15) is 14.9 Å². The van der Waals surface area contributed by atoms with Crippen molar-refractivity contribution in [1.29, 1.82) is 5.26 Å². The summed E-state index contributed by atoms with van der Waals surface area (Å²) >= 11 is 4.13. The molecule has 2 aliphatic rings. The molecule has 1 amide bonds. The lowest BCUT2D eigenvalue weighted by molar-refractivity contribution is -0.116. The fourth-order valence-electron chi connectivity index (χ4n) is 4.51. The van der Waals surface area contributed by atoms with Crippen LogP contribution >= 0.6 is 34.4 Å². The highest BCUT2D eigenvalue weighted by Gasteiger charge is 2.41. The van der Waals surface area contributed by atoms with Gasteiger partial charge in [0.05, 0.1) is 23.3 Å². The van der Waals surface area contributed by atoms with E-state index in [1.165, 1.54) is 23.1 Å². The van der Waals surface area contributed by atoms with E-state index in [0.717, 1.165) is 26.7 Å². The number of hydrogen-bond acceptors (Lipinski definition) is 10. The summed E-state index contributed by atoms with van der Waals surface area (Å²) in [4.78, 5) is 29.4. The number of rotatable bonds is 6. The van der Waals surface area contributed by atoms with E-state index in [1.807, 2.05) is 50.2 Å². The van der Waals surface area contributed by atoms with Gasteiger partial charge >= 0.3 is 0 Å². The summed E-state index contributed by atoms with van der Waals surface area (Å²) in [6.45, 7) is 3.99. The normalized spacial score (nSPS) is 17.6. The number of nitrogens with two attached hydrogens (primary N) is 1. The van der Waals surface area contributed by atoms with Gasteiger partial charge in [-0.15, -0.1) is 21.5 Å². The standard InChI is InChI=1S/C26H24N6O2S3/c1-14-6-9-16(10-7-14)29-21(34)13-35-26-31-30-25(37-26)32-18-4-3-5-19(33)23(18)22(17(12-27)24(32)28)20-11-8-15(2)36-20/h6-11,22H,3-5,13,28H2,1-2H3,(H,29,34). The molecule has 0 fully saturated rings. The molecule has 1 aliphatic heterocycles. The van der Waals surface area contributed by atoms with Crippen molar-refractivity contribution in [2.75, 3.05) is 16.0 Å². The number of allylic oxidation sites excluding steroid dienone is 3. The molecule has 1 unspecified atom stereocenters. The van der Waals surface area contributed by atoms with Gasteiger partial charge in [0.15, 0.2) is 10.1 Å². The zero-order valence-electron chi connectivity index (χ0n) is 20.3. The Balaban J connectivity index is 1.40. The van der Waals surface area contributed by atoms with E-state index in [4.69, 9.17) is 5.73 Å². The fraction of sp³-hybridized carbons (Fsp3) is 0.269. The number of benzene rings is 1. The van der Waals surface area contributed by atoms with Crippen molar-refractivity contribution in [3.63, 3.8) is 0 Å². The van der Waals surface area contributed by atoms with Crippen LogP contribution in [-0.2, 0) is 9.59 Å². The summed E-state index contributed by atoms with van der Waals surface area (Å²) in [5, 5.41) is 22.0. The maximum atomic E-state index is 13.2. The molecule has 8 nitrogen and oxygen atoms in total. The van der Waals surface area contributed by atoms with Crippen molar-refractivity contribution in [3.8, 4) is 6.07 Å². The second-order valence-electron chi connectivity index (χ2n) is 8.82. The molecule has 3 aromatic rings. The number of amides is 1. The van der Waals surface area contributed by atoms with Crippen LogP contribution in [0.3, 0.4) is 0 Å². The summed E-state index contributed by atoms with van der Waals surface area (Å²) in [5.41, 5.74) is 10.2. The maximum Gasteiger partial charge on any atom is 0.234 e. The van der Waals surface area contributed by atoms with Gasteiger partial charge in [-0.25, -0.2) is 0 Å². The molecule has 1 atom stereocenters. The first kappa shape index (κ1) is 25.2. The molecule has 3 heterocycles. The third-order valence-corrected chi connectivity index (χ3v) is 9.32. The largest absolute Gasteiger partial charge is 0.384 e. The molecule has 5 rings (SSSR count). The summed E-state index contributed by atoms with van der Waals surface area (Å²) in [7, 11) is 0. The minimum absolute atomic E-state index is 0.0365. The summed E-state index contributed by atoms with van der Waals surface area (Å²) in [5.74, 6) is -0.128. The lowest BCUT2D eigenvalue weighted by Gasteiger charge is -2.37. The molecule has 11 heteroatoms. The van der Waals surface area contributed by atoms with E-state index >= 15 is 0 Å². The first-order valence-electron chi connectivity index (χ1n) is 11.7. The highest BCUT2D eigenvalue weighted by Crippen LogP contribution is 2.48. The number of carbonyl (C=O) groups is 2. The predicted octanol–water partition coefficient (Wildman–Crippen LogP) is 5.25. The molecular formula is C26H24N6O2S3. The molecular weight excluding hydrogens is 525 g/mol. The fourth-order valence-corrected chi connectivity index (χ4v) is 7.19. The number of anilines is 2. The minimum Gasteiger partial charge on any atom is -0.384 e. The Hall–Kier alpha value is -3.46. The average molecular weight is 549 g/mol. The van der Waals surface area contributed by atoms with Crippen LogP contribution in [-0.4, -0.2) is 27.6 Å². The average Bonchev–Trinajstić information content (AvgIpc) is 3.52. The Morgan fingerprint density at radius 3 is 2.68 bits per heavy atom. The summed E-state index contributed by atoms with van der Waals surface area (Å²) in [6.07, 6.45) is 1.81. The van der Waals surface area contributed by atoms with Gasteiger partial charge in [-0.3, -0.25) is 14.5 Å². The Bertz CT molecular complexity index is 1480. The summed E-state index contributed by atoms with van der Waals surface area (Å²) < 4.78 is 0.598. The molecule has 188 valence electrons. The number of aryl methyl sites for hydroxylation is 2. The monoisotopic (exact) mass is 548 g/mol. The summed E-state index contributed by atoms with van der Waals surface area (Å²) in [6, 6.07) is 13.8. The van der Waals surface area contributed by atoms with Crippen molar-refractivity contribution >= 4 is 56.9 Å².